The van der Waals surface area contributed by atoms with Gasteiger partial charge in [0.05, 0.1) is 44.1 Å². The molecule has 7 aromatic heterocycles. The van der Waals surface area contributed by atoms with Crippen LogP contribution < -0.4 is 0 Å². The van der Waals surface area contributed by atoms with Crippen molar-refractivity contribution in [3.8, 4) is 113 Å². The fourth-order valence-corrected chi connectivity index (χ4v) is 19.2. The standard InChI is InChI=1S/C111H67N7O2/c1-7-26-68(27-8-1)76-61-77(69-28-9-2-10-29-69)63-78(62-76)70-30-23-31-75(60-70)109-112-110(89-42-24-46-101-103(89)93-66-73(50-58-99(93)119-101)71-48-56-97-91(64-71)87-54-52-85-83-40-19-21-44-95(83)115(79-32-11-3-12-33-79)105(85)107(87)117(97)81-36-15-5-16-37-81)114-111(113-109)90-43-25-47-102-104(90)94-67-74(51-59-100(94)120-102)72-49-57-98-92(65-72)88-55-53-86-84-41-20-22-45-96(84)116(80-34-13-4-14-35-80)106(86)108(88)118(98)82-38-17-6-18-39-82/h1-67H. The Kier molecular flexibility index (Phi) is 14.9. The molecule has 0 saturated carbocycles. The van der Waals surface area contributed by atoms with Gasteiger partial charge in [-0.15, -0.1) is 0 Å². The van der Waals surface area contributed by atoms with Crippen LogP contribution in [0.3, 0.4) is 0 Å². The number of rotatable bonds is 12. The predicted octanol–water partition coefficient (Wildman–Crippen LogP) is 29.4. The highest BCUT2D eigenvalue weighted by Crippen LogP contribution is 2.49. The number of nitrogens with zero attached hydrogens (tertiary/aromatic N) is 7. The molecule has 25 aromatic rings. The van der Waals surface area contributed by atoms with E-state index in [1.807, 2.05) is 12.1 Å². The molecule has 0 bridgehead atoms. The fourth-order valence-electron chi connectivity index (χ4n) is 19.2. The van der Waals surface area contributed by atoms with Gasteiger partial charge < -0.3 is 27.1 Å². The lowest BCUT2D eigenvalue weighted by atomic mass is 9.93. The first-order valence-electron chi connectivity index (χ1n) is 40.8. The van der Waals surface area contributed by atoms with Crippen LogP contribution in [-0.2, 0) is 0 Å². The molecule has 558 valence electrons. The van der Waals surface area contributed by atoms with Gasteiger partial charge in [-0.05, 0) is 201 Å². The average molecular weight is 1530 g/mol. The van der Waals surface area contributed by atoms with Gasteiger partial charge in [0.15, 0.2) is 17.5 Å². The molecule has 0 fully saturated rings. The number of furan rings is 2. The maximum Gasteiger partial charge on any atom is 0.164 e. The van der Waals surface area contributed by atoms with Crippen molar-refractivity contribution in [2.75, 3.05) is 0 Å². The second kappa shape index (κ2) is 26.7. The molecule has 0 atom stereocenters. The minimum Gasteiger partial charge on any atom is -0.456 e. The Morgan fingerprint density at radius 1 is 0.167 bits per heavy atom. The van der Waals surface area contributed by atoms with Crippen molar-refractivity contribution < 1.29 is 8.83 Å². The first kappa shape index (κ1) is 67.1. The summed E-state index contributed by atoms with van der Waals surface area (Å²) in [7, 11) is 0. The van der Waals surface area contributed by atoms with Gasteiger partial charge in [0.2, 0.25) is 0 Å². The molecule has 0 aliphatic rings. The van der Waals surface area contributed by atoms with E-state index in [0.29, 0.717) is 17.5 Å². The predicted molar refractivity (Wildman–Crippen MR) is 495 cm³/mol. The second-order valence-electron chi connectivity index (χ2n) is 31.3. The Morgan fingerprint density at radius 2 is 0.458 bits per heavy atom. The summed E-state index contributed by atoms with van der Waals surface area (Å²) in [5.41, 5.74) is 29.8. The van der Waals surface area contributed by atoms with Crippen LogP contribution in [-0.4, -0.2) is 33.2 Å². The van der Waals surface area contributed by atoms with Crippen LogP contribution in [0.25, 0.3) is 244 Å². The summed E-state index contributed by atoms with van der Waals surface area (Å²) < 4.78 is 23.7. The first-order chi connectivity index (χ1) is 59.5. The van der Waals surface area contributed by atoms with E-state index in [-0.39, 0.29) is 0 Å². The molecular formula is C111H67N7O2. The van der Waals surface area contributed by atoms with E-state index < -0.39 is 0 Å². The van der Waals surface area contributed by atoms with Crippen molar-refractivity contribution in [1.82, 2.24) is 33.2 Å². The largest absolute Gasteiger partial charge is 0.456 e. The molecule has 0 N–H and O–H groups in total. The van der Waals surface area contributed by atoms with Crippen molar-refractivity contribution in [2.45, 2.75) is 0 Å². The molecule has 0 spiro atoms. The van der Waals surface area contributed by atoms with Crippen LogP contribution in [0.1, 0.15) is 0 Å². The third-order valence-electron chi connectivity index (χ3n) is 24.6. The van der Waals surface area contributed by atoms with E-state index in [4.69, 9.17) is 23.8 Å². The molecule has 120 heavy (non-hydrogen) atoms. The SMILES string of the molecule is c1ccc(-c2cc(-c3ccccc3)cc(-c3cccc(-c4nc(-c5cccc6oc7ccc(-c8ccc9c(c8)c8ccc%10c%11ccccc%11n(-c%11ccccc%11)c%10c8n9-c8ccccc8)cc7c56)nc(-c5cccc6oc7ccc(-c8ccc9c(c8)c8ccc%10c%11ccccc%11n(-c%11ccccc%11)c%10c8n9-c8ccccc8)cc7c56)n4)c3)c2)cc1. The average Bonchev–Trinajstić information content (AvgIpc) is 1.54. The summed E-state index contributed by atoms with van der Waals surface area (Å²) in [4.78, 5) is 17.0. The molecule has 0 amide bonds. The highest BCUT2D eigenvalue weighted by molar-refractivity contribution is 6.26. The Labute approximate surface area is 687 Å². The molecule has 7 heterocycles. The minimum absolute atomic E-state index is 0.501. The number of para-hydroxylation sites is 6. The summed E-state index contributed by atoms with van der Waals surface area (Å²) in [6.07, 6.45) is 0. The third kappa shape index (κ3) is 10.5. The summed E-state index contributed by atoms with van der Waals surface area (Å²) in [5, 5.41) is 13.1. The van der Waals surface area contributed by atoms with Gasteiger partial charge in [0.1, 0.15) is 22.3 Å². The molecular weight excluding hydrogens is 1460 g/mol. The Balaban J connectivity index is 0.673. The quantitative estimate of drug-likeness (QED) is 0.122. The molecule has 0 aliphatic carbocycles. The zero-order valence-corrected chi connectivity index (χ0v) is 64.6. The smallest absolute Gasteiger partial charge is 0.164 e. The van der Waals surface area contributed by atoms with Gasteiger partial charge in [-0.3, -0.25) is 0 Å². The van der Waals surface area contributed by atoms with Crippen molar-refractivity contribution in [2.24, 2.45) is 0 Å². The molecule has 18 aromatic carbocycles. The van der Waals surface area contributed by atoms with Crippen LogP contribution in [0, 0.1) is 0 Å². The number of benzene rings is 18. The van der Waals surface area contributed by atoms with Crippen LogP contribution in [0.5, 0.6) is 0 Å². The number of aromatic nitrogens is 7. The first-order valence-corrected chi connectivity index (χ1v) is 40.8. The van der Waals surface area contributed by atoms with Gasteiger partial charge in [-0.1, -0.05) is 261 Å². The molecule has 0 aliphatic heterocycles. The van der Waals surface area contributed by atoms with Gasteiger partial charge >= 0.3 is 0 Å². The summed E-state index contributed by atoms with van der Waals surface area (Å²) in [5.74, 6) is 1.52. The minimum atomic E-state index is 0.501. The van der Waals surface area contributed by atoms with E-state index in [9.17, 15) is 0 Å². The van der Waals surface area contributed by atoms with Gasteiger partial charge in [-0.2, -0.15) is 0 Å². The maximum absolute atomic E-state index is 6.94. The third-order valence-corrected chi connectivity index (χ3v) is 24.6. The molecule has 0 radical (unpaired) electrons. The monoisotopic (exact) mass is 1530 g/mol. The second-order valence-corrected chi connectivity index (χ2v) is 31.3. The lowest BCUT2D eigenvalue weighted by molar-refractivity contribution is 0.668. The topological polar surface area (TPSA) is 84.7 Å². The lowest BCUT2D eigenvalue weighted by Crippen LogP contribution is -2.01. The summed E-state index contributed by atoms with van der Waals surface area (Å²) >= 11 is 0. The highest BCUT2D eigenvalue weighted by atomic mass is 16.3. The zero-order valence-electron chi connectivity index (χ0n) is 64.6. The molecule has 0 saturated heterocycles. The molecule has 9 nitrogen and oxygen atoms in total. The maximum atomic E-state index is 6.94. The van der Waals surface area contributed by atoms with Gasteiger partial charge in [-0.25, -0.2) is 15.0 Å². The van der Waals surface area contributed by atoms with Crippen molar-refractivity contribution in [3.63, 3.8) is 0 Å². The fraction of sp³-hybridized carbons (Fsp3) is 0. The van der Waals surface area contributed by atoms with E-state index in [1.54, 1.807) is 0 Å². The lowest BCUT2D eigenvalue weighted by Gasteiger charge is -2.13. The van der Waals surface area contributed by atoms with Crippen LogP contribution in [0.15, 0.2) is 415 Å². The van der Waals surface area contributed by atoms with Crippen molar-refractivity contribution >= 4 is 131 Å². The zero-order chi connectivity index (χ0) is 78.6. The van der Waals surface area contributed by atoms with E-state index in [2.05, 4.69) is 413 Å². The number of fused-ring (bicyclic) bond motifs is 20. The Hall–Kier alpha value is -16.2. The van der Waals surface area contributed by atoms with Crippen LogP contribution >= 0.6 is 0 Å². The number of hydrogen-bond acceptors (Lipinski definition) is 5. The van der Waals surface area contributed by atoms with Gasteiger partial charge in [0, 0.05) is 104 Å². The Morgan fingerprint density at radius 3 is 0.867 bits per heavy atom. The highest BCUT2D eigenvalue weighted by Gasteiger charge is 2.28. The van der Waals surface area contributed by atoms with E-state index >= 15 is 0 Å². The number of hydrogen-bond donors (Lipinski definition) is 0. The normalized spacial score (nSPS) is 12.0. The molecule has 9 heteroatoms. The summed E-state index contributed by atoms with van der Waals surface area (Å²) in [6.45, 7) is 0. The van der Waals surface area contributed by atoms with E-state index in [0.717, 1.165) is 205 Å². The van der Waals surface area contributed by atoms with Crippen LogP contribution in [0.4, 0.5) is 0 Å². The Bertz CT molecular complexity index is 8040. The van der Waals surface area contributed by atoms with Crippen molar-refractivity contribution in [1.29, 1.82) is 0 Å². The van der Waals surface area contributed by atoms with Crippen molar-refractivity contribution in [3.05, 3.63) is 406 Å². The molecule has 0 unspecified atom stereocenters. The van der Waals surface area contributed by atoms with Crippen LogP contribution in [0.2, 0.25) is 0 Å². The van der Waals surface area contributed by atoms with Gasteiger partial charge in [0.25, 0.3) is 0 Å². The summed E-state index contributed by atoms with van der Waals surface area (Å²) in [6, 6.07) is 146. The van der Waals surface area contributed by atoms with E-state index in [1.165, 1.54) is 21.5 Å². The molecule has 25 rings (SSSR count).